The second-order valence-electron chi connectivity index (χ2n) is 6.84. The molecule has 0 bridgehead atoms. The van der Waals surface area contributed by atoms with Crippen LogP contribution in [0.25, 0.3) is 0 Å². The van der Waals surface area contributed by atoms with Crippen molar-refractivity contribution in [2.45, 2.75) is 31.7 Å². The van der Waals surface area contributed by atoms with E-state index in [1.807, 2.05) is 23.1 Å². The lowest BCUT2D eigenvalue weighted by Gasteiger charge is -2.28. The highest BCUT2D eigenvalue weighted by atomic mass is 16.5. The summed E-state index contributed by atoms with van der Waals surface area (Å²) in [6, 6.07) is 17.1. The first kappa shape index (κ1) is 19.1. The molecule has 0 aliphatic carbocycles. The van der Waals surface area contributed by atoms with E-state index in [1.165, 1.54) is 5.56 Å². The zero-order valence-electron chi connectivity index (χ0n) is 15.3. The van der Waals surface area contributed by atoms with Crippen LogP contribution in [0.4, 0.5) is 0 Å². The summed E-state index contributed by atoms with van der Waals surface area (Å²) in [5, 5.41) is 8.97. The van der Waals surface area contributed by atoms with Crippen LogP contribution in [0.3, 0.4) is 0 Å². The van der Waals surface area contributed by atoms with Crippen LogP contribution in [0.1, 0.15) is 34.3 Å². The standard InChI is InChI=1S/C22H25NO4/c24-21(11-8-18-6-9-19(10-7-18)22(25)26)23(20-13-15-27-16-20)14-12-17-4-2-1-3-5-17/h1-7,9-10,20H,8,11-16H2,(H,25,26). The van der Waals surface area contributed by atoms with Crippen molar-refractivity contribution >= 4 is 11.9 Å². The van der Waals surface area contributed by atoms with Crippen LogP contribution in [0.5, 0.6) is 0 Å². The third-order valence-electron chi connectivity index (χ3n) is 4.98. The number of carboxylic acids is 1. The first-order chi connectivity index (χ1) is 13.1. The van der Waals surface area contributed by atoms with Gasteiger partial charge in [-0.3, -0.25) is 4.79 Å². The highest BCUT2D eigenvalue weighted by Gasteiger charge is 2.26. The van der Waals surface area contributed by atoms with Crippen molar-refractivity contribution in [1.29, 1.82) is 0 Å². The van der Waals surface area contributed by atoms with Crippen LogP contribution >= 0.6 is 0 Å². The van der Waals surface area contributed by atoms with E-state index in [0.717, 1.165) is 18.4 Å². The van der Waals surface area contributed by atoms with Gasteiger partial charge in [-0.05, 0) is 42.5 Å². The second-order valence-corrected chi connectivity index (χ2v) is 6.84. The summed E-state index contributed by atoms with van der Waals surface area (Å²) in [4.78, 5) is 25.8. The number of aromatic carboxylic acids is 1. The Morgan fingerprint density at radius 2 is 1.70 bits per heavy atom. The predicted octanol–water partition coefficient (Wildman–Crippen LogP) is 3.18. The number of ether oxygens (including phenoxy) is 1. The number of hydrogen-bond acceptors (Lipinski definition) is 3. The molecule has 1 unspecified atom stereocenters. The lowest BCUT2D eigenvalue weighted by molar-refractivity contribution is -0.133. The number of rotatable bonds is 8. The Labute approximate surface area is 159 Å². The fourth-order valence-electron chi connectivity index (χ4n) is 3.38. The maximum Gasteiger partial charge on any atom is 0.335 e. The van der Waals surface area contributed by atoms with E-state index in [9.17, 15) is 9.59 Å². The van der Waals surface area contributed by atoms with Crippen molar-refractivity contribution < 1.29 is 19.4 Å². The Hall–Kier alpha value is -2.66. The average molecular weight is 367 g/mol. The number of aryl methyl sites for hydroxylation is 1. The quantitative estimate of drug-likeness (QED) is 0.778. The summed E-state index contributed by atoms with van der Waals surface area (Å²) in [5.74, 6) is -0.810. The van der Waals surface area contributed by atoms with Crippen molar-refractivity contribution in [2.24, 2.45) is 0 Å². The highest BCUT2D eigenvalue weighted by Crippen LogP contribution is 2.16. The molecule has 1 atom stereocenters. The molecule has 1 amide bonds. The number of nitrogens with zero attached hydrogens (tertiary/aromatic N) is 1. The van der Waals surface area contributed by atoms with Gasteiger partial charge in [0.1, 0.15) is 0 Å². The van der Waals surface area contributed by atoms with E-state index < -0.39 is 5.97 Å². The van der Waals surface area contributed by atoms with Crippen molar-refractivity contribution in [2.75, 3.05) is 19.8 Å². The Bertz CT molecular complexity index is 752. The minimum Gasteiger partial charge on any atom is -0.478 e. The van der Waals surface area contributed by atoms with Gasteiger partial charge in [-0.15, -0.1) is 0 Å². The Balaban J connectivity index is 1.59. The summed E-state index contributed by atoms with van der Waals surface area (Å²) < 4.78 is 5.49. The second kappa shape index (κ2) is 9.33. The zero-order valence-corrected chi connectivity index (χ0v) is 15.3. The largest absolute Gasteiger partial charge is 0.478 e. The topological polar surface area (TPSA) is 66.8 Å². The number of carbonyl (C=O) groups excluding carboxylic acids is 1. The van der Waals surface area contributed by atoms with Gasteiger partial charge in [-0.25, -0.2) is 4.79 Å². The molecule has 27 heavy (non-hydrogen) atoms. The van der Waals surface area contributed by atoms with Gasteiger partial charge in [0.2, 0.25) is 5.91 Å². The van der Waals surface area contributed by atoms with Crippen molar-refractivity contribution in [3.8, 4) is 0 Å². The van der Waals surface area contributed by atoms with Crippen LogP contribution in [-0.2, 0) is 22.4 Å². The minimum atomic E-state index is -0.939. The van der Waals surface area contributed by atoms with E-state index >= 15 is 0 Å². The molecule has 1 aliphatic heterocycles. The fourth-order valence-corrected chi connectivity index (χ4v) is 3.38. The maximum atomic E-state index is 12.9. The molecule has 1 aliphatic rings. The average Bonchev–Trinajstić information content (AvgIpc) is 3.22. The molecule has 0 saturated carbocycles. The van der Waals surface area contributed by atoms with E-state index in [4.69, 9.17) is 9.84 Å². The lowest BCUT2D eigenvalue weighted by Crippen LogP contribution is -2.42. The molecule has 2 aromatic rings. The molecule has 142 valence electrons. The van der Waals surface area contributed by atoms with Crippen LogP contribution in [0.15, 0.2) is 54.6 Å². The SMILES string of the molecule is O=C(O)c1ccc(CCC(=O)N(CCc2ccccc2)C2CCOC2)cc1. The molecule has 3 rings (SSSR count). The monoisotopic (exact) mass is 367 g/mol. The van der Waals surface area contributed by atoms with Crippen LogP contribution in [0, 0.1) is 0 Å². The van der Waals surface area contributed by atoms with Crippen molar-refractivity contribution in [3.63, 3.8) is 0 Å². The molecule has 0 aromatic heterocycles. The van der Waals surface area contributed by atoms with Gasteiger partial charge < -0.3 is 14.7 Å². The Morgan fingerprint density at radius 3 is 2.33 bits per heavy atom. The smallest absolute Gasteiger partial charge is 0.335 e. The zero-order chi connectivity index (χ0) is 19.1. The van der Waals surface area contributed by atoms with Crippen molar-refractivity contribution in [1.82, 2.24) is 4.90 Å². The third-order valence-corrected chi connectivity index (χ3v) is 4.98. The van der Waals surface area contributed by atoms with Gasteiger partial charge in [-0.1, -0.05) is 42.5 Å². The minimum absolute atomic E-state index is 0.128. The summed E-state index contributed by atoms with van der Waals surface area (Å²) >= 11 is 0. The normalized spacial score (nSPS) is 16.2. The summed E-state index contributed by atoms with van der Waals surface area (Å²) in [5.41, 5.74) is 2.45. The molecular weight excluding hydrogens is 342 g/mol. The molecule has 1 fully saturated rings. The van der Waals surface area contributed by atoms with E-state index in [-0.39, 0.29) is 17.5 Å². The summed E-state index contributed by atoms with van der Waals surface area (Å²) in [7, 11) is 0. The Kier molecular flexibility index (Phi) is 6.60. The third kappa shape index (κ3) is 5.41. The van der Waals surface area contributed by atoms with Gasteiger partial charge in [0.15, 0.2) is 0 Å². The van der Waals surface area contributed by atoms with Gasteiger partial charge in [0.25, 0.3) is 0 Å². The predicted molar refractivity (Wildman–Crippen MR) is 103 cm³/mol. The first-order valence-corrected chi connectivity index (χ1v) is 9.37. The van der Waals surface area contributed by atoms with E-state index in [0.29, 0.717) is 32.6 Å². The number of carboxylic acid groups (broad SMARTS) is 1. The molecule has 5 heteroatoms. The van der Waals surface area contributed by atoms with Gasteiger partial charge in [-0.2, -0.15) is 0 Å². The molecule has 5 nitrogen and oxygen atoms in total. The van der Waals surface area contributed by atoms with E-state index in [1.54, 1.807) is 24.3 Å². The molecule has 0 radical (unpaired) electrons. The molecule has 1 heterocycles. The highest BCUT2D eigenvalue weighted by molar-refractivity contribution is 5.87. The Morgan fingerprint density at radius 1 is 1.00 bits per heavy atom. The number of hydrogen-bond donors (Lipinski definition) is 1. The first-order valence-electron chi connectivity index (χ1n) is 9.37. The number of carbonyl (C=O) groups is 2. The van der Waals surface area contributed by atoms with Gasteiger partial charge >= 0.3 is 5.97 Å². The molecule has 0 spiro atoms. The lowest BCUT2D eigenvalue weighted by atomic mass is 10.1. The van der Waals surface area contributed by atoms with Gasteiger partial charge in [0, 0.05) is 19.6 Å². The maximum absolute atomic E-state index is 12.9. The summed E-state index contributed by atoms with van der Waals surface area (Å²) in [6.45, 7) is 2.00. The number of benzene rings is 2. The van der Waals surface area contributed by atoms with Crippen LogP contribution in [-0.4, -0.2) is 47.7 Å². The fraction of sp³-hybridized carbons (Fsp3) is 0.364. The molecule has 1 saturated heterocycles. The molecule has 1 N–H and O–H groups in total. The van der Waals surface area contributed by atoms with Crippen LogP contribution in [0.2, 0.25) is 0 Å². The summed E-state index contributed by atoms with van der Waals surface area (Å²) in [6.07, 6.45) is 2.73. The van der Waals surface area contributed by atoms with E-state index in [2.05, 4.69) is 12.1 Å². The van der Waals surface area contributed by atoms with Gasteiger partial charge in [0.05, 0.1) is 18.2 Å². The van der Waals surface area contributed by atoms with Crippen LogP contribution < -0.4 is 0 Å². The van der Waals surface area contributed by atoms with Crippen molar-refractivity contribution in [3.05, 3.63) is 71.3 Å². The molecule has 2 aromatic carbocycles. The number of amides is 1. The molecular formula is C22H25NO4.